The molecule has 0 radical (unpaired) electrons. The fraction of sp³-hybridized carbons (Fsp3) is 0.129. The Kier molecular flexibility index (Phi) is 8.78. The molecule has 1 amide bonds. The number of benzene rings is 4. The molecule has 0 aliphatic carbocycles. The van der Waals surface area contributed by atoms with Crippen LogP contribution in [-0.4, -0.2) is 59.9 Å². The summed E-state index contributed by atoms with van der Waals surface area (Å²) in [4.78, 5) is 16.3. The summed E-state index contributed by atoms with van der Waals surface area (Å²) in [5, 5.41) is 28.0. The lowest BCUT2D eigenvalue weighted by molar-refractivity contribution is 0.102. The highest BCUT2D eigenvalue weighted by atomic mass is 32.2. The molecule has 1 aromatic heterocycles. The SMILES string of the molecule is CC1=NN(c2ccc(-c3nc4ccc(C)c(S(=O)(=O)O)c4s3)cc2)[C@H](O)[C@H]1N=Nc1ccc(NC(=O)c2cccc(N)c2)cc1S(=O)(=O)O. The van der Waals surface area contributed by atoms with E-state index in [0.29, 0.717) is 43.4 Å². The predicted octanol–water partition coefficient (Wildman–Crippen LogP) is 5.27. The Morgan fingerprint density at radius 1 is 0.959 bits per heavy atom. The van der Waals surface area contributed by atoms with Gasteiger partial charge in [0.15, 0.2) is 12.3 Å². The second-order valence-corrected chi connectivity index (χ2v) is 14.7. The van der Waals surface area contributed by atoms with Crippen LogP contribution < -0.4 is 16.1 Å². The number of anilines is 3. The summed E-state index contributed by atoms with van der Waals surface area (Å²) in [6.45, 7) is 3.19. The number of nitrogens with two attached hydrogens (primary N) is 1. The van der Waals surface area contributed by atoms with E-state index in [4.69, 9.17) is 5.73 Å². The van der Waals surface area contributed by atoms with E-state index in [2.05, 4.69) is 25.6 Å². The van der Waals surface area contributed by atoms with Crippen LogP contribution in [0.3, 0.4) is 0 Å². The number of aliphatic hydroxyl groups is 1. The van der Waals surface area contributed by atoms with Crippen molar-refractivity contribution in [2.45, 2.75) is 35.9 Å². The van der Waals surface area contributed by atoms with Crippen molar-refractivity contribution in [3.05, 3.63) is 90.0 Å². The second kappa shape index (κ2) is 12.7. The molecule has 2 atom stereocenters. The van der Waals surface area contributed by atoms with Crippen LogP contribution >= 0.6 is 11.3 Å². The number of fused-ring (bicyclic) bond motifs is 1. The Morgan fingerprint density at radius 3 is 2.37 bits per heavy atom. The summed E-state index contributed by atoms with van der Waals surface area (Å²) in [5.41, 5.74) is 8.45. The van der Waals surface area contributed by atoms with Gasteiger partial charge in [0, 0.05) is 22.5 Å². The monoisotopic (exact) mass is 721 g/mol. The average molecular weight is 722 g/mol. The van der Waals surface area contributed by atoms with Gasteiger partial charge in [-0.1, -0.05) is 12.1 Å². The van der Waals surface area contributed by atoms with E-state index in [1.165, 1.54) is 29.3 Å². The van der Waals surface area contributed by atoms with Gasteiger partial charge in [0.25, 0.3) is 26.1 Å². The number of nitrogens with zero attached hydrogens (tertiary/aromatic N) is 5. The quantitative estimate of drug-likeness (QED) is 0.0786. The highest BCUT2D eigenvalue weighted by Crippen LogP contribution is 2.37. The third-order valence-electron chi connectivity index (χ3n) is 7.51. The van der Waals surface area contributed by atoms with E-state index < -0.39 is 43.3 Å². The van der Waals surface area contributed by atoms with E-state index in [0.717, 1.165) is 17.4 Å². The summed E-state index contributed by atoms with van der Waals surface area (Å²) in [6.07, 6.45) is -1.33. The summed E-state index contributed by atoms with van der Waals surface area (Å²) in [5.74, 6) is -0.557. The molecule has 0 saturated carbocycles. The number of nitrogen functional groups attached to an aromatic ring is 1. The summed E-state index contributed by atoms with van der Waals surface area (Å²) in [7, 11) is -9.28. The maximum Gasteiger partial charge on any atom is 0.296 e. The van der Waals surface area contributed by atoms with Crippen molar-refractivity contribution in [2.75, 3.05) is 16.1 Å². The maximum absolute atomic E-state index is 12.6. The van der Waals surface area contributed by atoms with Crippen LogP contribution in [0.4, 0.5) is 22.7 Å². The zero-order valence-corrected chi connectivity index (χ0v) is 28.0. The minimum Gasteiger partial charge on any atom is -0.399 e. The predicted molar refractivity (Wildman–Crippen MR) is 185 cm³/mol. The molecule has 0 spiro atoms. The van der Waals surface area contributed by atoms with Gasteiger partial charge in [-0.3, -0.25) is 13.9 Å². The van der Waals surface area contributed by atoms with Crippen LogP contribution in [0.25, 0.3) is 20.8 Å². The number of azo groups is 1. The molecule has 1 aliphatic heterocycles. The zero-order chi connectivity index (χ0) is 35.2. The van der Waals surface area contributed by atoms with Gasteiger partial charge in [-0.15, -0.1) is 11.3 Å². The van der Waals surface area contributed by atoms with E-state index in [-0.39, 0.29) is 21.8 Å². The molecule has 5 aromatic rings. The molecule has 0 saturated heterocycles. The van der Waals surface area contributed by atoms with Gasteiger partial charge in [-0.25, -0.2) is 9.99 Å². The Balaban J connectivity index is 1.21. The highest BCUT2D eigenvalue weighted by molar-refractivity contribution is 7.86. The van der Waals surface area contributed by atoms with Crippen LogP contribution in [0, 0.1) is 6.92 Å². The molecule has 4 aromatic carbocycles. The molecule has 2 heterocycles. The van der Waals surface area contributed by atoms with Crippen LogP contribution in [0.1, 0.15) is 22.8 Å². The molecule has 18 heteroatoms. The van der Waals surface area contributed by atoms with Crippen molar-refractivity contribution in [3.63, 3.8) is 0 Å². The van der Waals surface area contributed by atoms with Crippen LogP contribution in [0.5, 0.6) is 0 Å². The lowest BCUT2D eigenvalue weighted by Crippen LogP contribution is -2.35. The highest BCUT2D eigenvalue weighted by Gasteiger charge is 2.35. The number of hydrogen-bond donors (Lipinski definition) is 5. The number of rotatable bonds is 8. The van der Waals surface area contributed by atoms with E-state index >= 15 is 0 Å². The van der Waals surface area contributed by atoms with Crippen LogP contribution in [-0.2, 0) is 20.2 Å². The smallest absolute Gasteiger partial charge is 0.296 e. The van der Waals surface area contributed by atoms with E-state index in [1.54, 1.807) is 62.4 Å². The molecule has 6 N–H and O–H groups in total. The van der Waals surface area contributed by atoms with Crippen LogP contribution in [0.2, 0.25) is 0 Å². The van der Waals surface area contributed by atoms with Crippen molar-refractivity contribution < 1.29 is 35.8 Å². The zero-order valence-electron chi connectivity index (χ0n) is 25.6. The van der Waals surface area contributed by atoms with Gasteiger partial charge in [0.05, 0.1) is 21.6 Å². The molecule has 6 rings (SSSR count). The molecular weight excluding hydrogens is 695 g/mol. The second-order valence-electron chi connectivity index (χ2n) is 11.0. The third-order valence-corrected chi connectivity index (χ3v) is 10.7. The summed E-state index contributed by atoms with van der Waals surface area (Å²) < 4.78 is 68.4. The summed E-state index contributed by atoms with van der Waals surface area (Å²) >= 11 is 1.11. The number of nitrogens with one attached hydrogen (secondary N) is 1. The van der Waals surface area contributed by atoms with Gasteiger partial charge in [0.1, 0.15) is 20.5 Å². The van der Waals surface area contributed by atoms with E-state index in [1.807, 2.05) is 0 Å². The average Bonchev–Trinajstić information content (AvgIpc) is 3.59. The maximum atomic E-state index is 12.6. The van der Waals surface area contributed by atoms with Gasteiger partial charge in [0.2, 0.25) is 0 Å². The van der Waals surface area contributed by atoms with E-state index in [9.17, 15) is 35.8 Å². The molecule has 0 bridgehead atoms. The molecule has 1 aliphatic rings. The number of aromatic nitrogens is 1. The number of carbonyl (C=O) groups excluding carboxylic acids is 1. The Hall–Kier alpha value is -5.11. The van der Waals surface area contributed by atoms with Gasteiger partial charge in [-0.2, -0.15) is 32.2 Å². The molecule has 252 valence electrons. The first-order valence-electron chi connectivity index (χ1n) is 14.3. The fourth-order valence-corrected chi connectivity index (χ4v) is 8.11. The topological polar surface area (TPSA) is 237 Å². The van der Waals surface area contributed by atoms with Crippen molar-refractivity contribution in [2.24, 2.45) is 15.3 Å². The minimum atomic E-state index is -4.81. The van der Waals surface area contributed by atoms with Gasteiger partial charge < -0.3 is 16.2 Å². The van der Waals surface area contributed by atoms with Crippen molar-refractivity contribution in [3.8, 4) is 10.6 Å². The normalized spacial score (nSPS) is 16.8. The lowest BCUT2D eigenvalue weighted by Gasteiger charge is -2.21. The molecular formula is C31H27N7O8S3. The number of hydrogen-bond acceptors (Lipinski definition) is 13. The first-order chi connectivity index (χ1) is 23.1. The number of aryl methyl sites for hydroxylation is 1. The summed E-state index contributed by atoms with van der Waals surface area (Å²) in [6, 6.07) is 18.8. The number of carbonyl (C=O) groups is 1. The third kappa shape index (κ3) is 6.91. The molecule has 0 unspecified atom stereocenters. The molecule has 0 fully saturated rings. The number of aliphatic hydroxyl groups excluding tert-OH is 1. The lowest BCUT2D eigenvalue weighted by atomic mass is 10.1. The van der Waals surface area contributed by atoms with Crippen molar-refractivity contribution in [1.29, 1.82) is 0 Å². The minimum absolute atomic E-state index is 0.0621. The largest absolute Gasteiger partial charge is 0.399 e. The molecule has 15 nitrogen and oxygen atoms in total. The van der Waals surface area contributed by atoms with Crippen LogP contribution in [0.15, 0.2) is 104 Å². The number of amides is 1. The van der Waals surface area contributed by atoms with Crippen molar-refractivity contribution >= 4 is 76.2 Å². The standard InChI is InChI=1S/C31H27N7O8S3/c1-16-6-12-24-27(28(16)49(44,45)46)47-30(34-24)18-7-10-22(11-8-18)38-31(40)26(17(2)37-38)36-35-23-13-9-21(15-25(23)48(41,42)43)33-29(39)19-4-3-5-20(32)14-19/h3-15,26,31,40H,32H2,1-2H3,(H,33,39)(H,41,42,43)(H,44,45,46)/t26-,31+/m0/s1. The first kappa shape index (κ1) is 33.8. The van der Waals surface area contributed by atoms with Gasteiger partial charge in [-0.05, 0) is 86.1 Å². The van der Waals surface area contributed by atoms with Gasteiger partial charge >= 0.3 is 0 Å². The first-order valence-corrected chi connectivity index (χ1v) is 18.0. The van der Waals surface area contributed by atoms with Crippen molar-refractivity contribution in [1.82, 2.24) is 4.98 Å². The molecule has 49 heavy (non-hydrogen) atoms. The Morgan fingerprint density at radius 2 is 1.69 bits per heavy atom. The fourth-order valence-electron chi connectivity index (χ4n) is 5.15. The Labute approximate surface area is 284 Å². The Bertz CT molecular complexity index is 2410. The number of hydrazone groups is 1. The number of thiazole rings is 1.